The van der Waals surface area contributed by atoms with Crippen molar-refractivity contribution in [3.05, 3.63) is 35.4 Å². The highest BCUT2D eigenvalue weighted by Crippen LogP contribution is 2.16. The Morgan fingerprint density at radius 1 is 1.22 bits per heavy atom. The van der Waals surface area contributed by atoms with Crippen LogP contribution in [0.4, 0.5) is 0 Å². The number of hydrogen-bond donors (Lipinski definition) is 0. The lowest BCUT2D eigenvalue weighted by Crippen LogP contribution is -2.42. The molecule has 1 aliphatic rings. The van der Waals surface area contributed by atoms with Gasteiger partial charge in [-0.1, -0.05) is 24.3 Å². The Balaban J connectivity index is 2.13. The molecule has 2 rings (SSSR count). The van der Waals surface area contributed by atoms with Crippen LogP contribution in [0.1, 0.15) is 11.1 Å². The number of rotatable bonds is 3. The maximum Gasteiger partial charge on any atom is 0.218 e. The molecular weight excluding hydrogens is 270 g/mol. The molecule has 0 radical (unpaired) electrons. The van der Waals surface area contributed by atoms with Crippen LogP contribution in [0, 0.1) is 6.92 Å². The second-order valence-electron chi connectivity index (χ2n) is 4.43. The Kier molecular flexibility index (Phi) is 4.19. The molecule has 0 saturated carbocycles. The van der Waals surface area contributed by atoms with Gasteiger partial charge in [0.2, 0.25) is 10.0 Å². The molecule has 100 valence electrons. The molecule has 1 fully saturated rings. The van der Waals surface area contributed by atoms with E-state index in [0.717, 1.165) is 11.1 Å². The zero-order valence-electron chi connectivity index (χ0n) is 10.3. The smallest absolute Gasteiger partial charge is 0.218 e. The van der Waals surface area contributed by atoms with Crippen LogP contribution in [0.5, 0.6) is 0 Å². The van der Waals surface area contributed by atoms with Gasteiger partial charge in [-0.15, -0.1) is 0 Å². The fraction of sp³-hybridized carbons (Fsp3) is 0.500. The average molecular weight is 287 g/mol. The van der Waals surface area contributed by atoms with Crippen molar-refractivity contribution in [2.45, 2.75) is 12.7 Å². The van der Waals surface area contributed by atoms with Gasteiger partial charge in [-0.25, -0.2) is 8.42 Å². The van der Waals surface area contributed by atoms with E-state index in [-0.39, 0.29) is 5.75 Å². The van der Waals surface area contributed by atoms with Crippen molar-refractivity contribution in [2.24, 2.45) is 0 Å². The molecule has 1 aliphatic heterocycles. The van der Waals surface area contributed by atoms with Crippen molar-refractivity contribution >= 4 is 20.8 Å². The first kappa shape index (κ1) is 13.7. The number of sulfonamides is 1. The lowest BCUT2D eigenvalue weighted by Gasteiger charge is -2.25. The van der Waals surface area contributed by atoms with E-state index < -0.39 is 20.8 Å². The summed E-state index contributed by atoms with van der Waals surface area (Å²) in [5.41, 5.74) is 1.82. The van der Waals surface area contributed by atoms with Crippen LogP contribution in [0.2, 0.25) is 0 Å². The van der Waals surface area contributed by atoms with E-state index in [9.17, 15) is 12.6 Å². The van der Waals surface area contributed by atoms with Crippen molar-refractivity contribution < 1.29 is 12.6 Å². The first-order valence-electron chi connectivity index (χ1n) is 5.86. The summed E-state index contributed by atoms with van der Waals surface area (Å²) in [7, 11) is -4.14. The lowest BCUT2D eigenvalue weighted by atomic mass is 10.1. The minimum absolute atomic E-state index is 0.0340. The van der Waals surface area contributed by atoms with Crippen LogP contribution in [0.25, 0.3) is 0 Å². The minimum atomic E-state index is -3.28. The van der Waals surface area contributed by atoms with Crippen LogP contribution in [-0.2, 0) is 26.6 Å². The molecule has 18 heavy (non-hydrogen) atoms. The summed E-state index contributed by atoms with van der Waals surface area (Å²) in [6.07, 6.45) is 0. The summed E-state index contributed by atoms with van der Waals surface area (Å²) in [5, 5.41) is 0. The van der Waals surface area contributed by atoms with Gasteiger partial charge < -0.3 is 0 Å². The summed E-state index contributed by atoms with van der Waals surface area (Å²) >= 11 is 0. The molecule has 0 N–H and O–H groups in total. The number of hydrogen-bond acceptors (Lipinski definition) is 3. The first-order chi connectivity index (χ1) is 8.49. The molecule has 6 heteroatoms. The van der Waals surface area contributed by atoms with Crippen molar-refractivity contribution in [3.8, 4) is 0 Å². The van der Waals surface area contributed by atoms with Gasteiger partial charge in [-0.05, 0) is 18.1 Å². The normalized spacial score (nSPS) is 18.9. The van der Waals surface area contributed by atoms with Crippen molar-refractivity contribution in [1.29, 1.82) is 0 Å². The summed E-state index contributed by atoms with van der Waals surface area (Å²) < 4.78 is 37.2. The highest BCUT2D eigenvalue weighted by atomic mass is 32.2. The maximum atomic E-state index is 12.2. The monoisotopic (exact) mass is 287 g/mol. The Bertz CT molecular complexity index is 544. The molecule has 0 atom stereocenters. The largest absolute Gasteiger partial charge is 0.259 e. The molecular formula is C12H17NO3S2. The molecule has 0 bridgehead atoms. The van der Waals surface area contributed by atoms with Gasteiger partial charge in [0.15, 0.2) is 0 Å². The Hall–Kier alpha value is -0.720. The van der Waals surface area contributed by atoms with Crippen molar-refractivity contribution in [3.63, 3.8) is 0 Å². The van der Waals surface area contributed by atoms with Gasteiger partial charge in [-0.2, -0.15) is 4.31 Å². The van der Waals surface area contributed by atoms with Crippen LogP contribution >= 0.6 is 0 Å². The molecule has 0 unspecified atom stereocenters. The third-order valence-corrected chi connectivity index (χ3v) is 6.23. The summed E-state index contributed by atoms with van der Waals surface area (Å²) in [4.78, 5) is 0. The van der Waals surface area contributed by atoms with Crippen LogP contribution < -0.4 is 0 Å². The Morgan fingerprint density at radius 2 is 1.83 bits per heavy atom. The van der Waals surface area contributed by atoms with Crippen molar-refractivity contribution in [2.75, 3.05) is 24.6 Å². The van der Waals surface area contributed by atoms with Crippen LogP contribution in [0.15, 0.2) is 24.3 Å². The quantitative estimate of drug-likeness (QED) is 0.829. The zero-order chi connectivity index (χ0) is 13.2. The van der Waals surface area contributed by atoms with Gasteiger partial charge in [0.1, 0.15) is 0 Å². The highest BCUT2D eigenvalue weighted by molar-refractivity contribution is 7.88. The molecule has 0 amide bonds. The summed E-state index contributed by atoms with van der Waals surface area (Å²) in [5.74, 6) is 0.937. The zero-order valence-corrected chi connectivity index (χ0v) is 12.0. The molecule has 0 aliphatic carbocycles. The van der Waals surface area contributed by atoms with Gasteiger partial charge in [-0.3, -0.25) is 4.21 Å². The molecule has 0 aromatic heterocycles. The first-order valence-corrected chi connectivity index (χ1v) is 8.96. The summed E-state index contributed by atoms with van der Waals surface area (Å²) in [6, 6.07) is 7.50. The second kappa shape index (κ2) is 5.50. The second-order valence-corrected chi connectivity index (χ2v) is 8.09. The van der Waals surface area contributed by atoms with E-state index in [1.807, 2.05) is 31.2 Å². The van der Waals surface area contributed by atoms with E-state index in [0.29, 0.717) is 24.6 Å². The van der Waals surface area contributed by atoms with E-state index in [1.54, 1.807) is 0 Å². The third kappa shape index (κ3) is 3.18. The molecule has 1 heterocycles. The predicted molar refractivity (Wildman–Crippen MR) is 73.3 cm³/mol. The third-order valence-electron chi connectivity index (χ3n) is 3.13. The van der Waals surface area contributed by atoms with Gasteiger partial charge in [0.05, 0.1) is 5.75 Å². The maximum absolute atomic E-state index is 12.2. The molecule has 1 saturated heterocycles. The van der Waals surface area contributed by atoms with Gasteiger partial charge in [0, 0.05) is 35.4 Å². The van der Waals surface area contributed by atoms with E-state index in [2.05, 4.69) is 0 Å². The number of nitrogens with zero attached hydrogens (tertiary/aromatic N) is 1. The molecule has 0 spiro atoms. The van der Waals surface area contributed by atoms with E-state index in [4.69, 9.17) is 0 Å². The summed E-state index contributed by atoms with van der Waals surface area (Å²) in [6.45, 7) is 2.66. The fourth-order valence-corrected chi connectivity index (χ4v) is 4.88. The van der Waals surface area contributed by atoms with Crippen LogP contribution in [-0.4, -0.2) is 41.5 Å². The van der Waals surface area contributed by atoms with Gasteiger partial charge in [0.25, 0.3) is 0 Å². The highest BCUT2D eigenvalue weighted by Gasteiger charge is 2.26. The number of aryl methyl sites for hydroxylation is 1. The topological polar surface area (TPSA) is 54.5 Å². The Labute approximate surface area is 111 Å². The van der Waals surface area contributed by atoms with E-state index >= 15 is 0 Å². The lowest BCUT2D eigenvalue weighted by molar-refractivity contribution is 0.438. The van der Waals surface area contributed by atoms with E-state index in [1.165, 1.54) is 4.31 Å². The minimum Gasteiger partial charge on any atom is -0.259 e. The van der Waals surface area contributed by atoms with Crippen molar-refractivity contribution in [1.82, 2.24) is 4.31 Å². The average Bonchev–Trinajstić information content (AvgIpc) is 2.32. The predicted octanol–water partition coefficient (Wildman–Crippen LogP) is 0.889. The number of benzene rings is 1. The molecule has 1 aromatic carbocycles. The molecule has 1 aromatic rings. The molecule has 4 nitrogen and oxygen atoms in total. The van der Waals surface area contributed by atoms with Gasteiger partial charge >= 0.3 is 0 Å². The fourth-order valence-electron chi connectivity index (χ4n) is 1.96. The SMILES string of the molecule is Cc1ccccc1CS(=O)(=O)N1CCS(=O)CC1. The Morgan fingerprint density at radius 3 is 2.44 bits per heavy atom. The standard InChI is InChI=1S/C12H17NO3S2/c1-11-4-2-3-5-12(11)10-18(15,16)13-6-8-17(14)9-7-13/h2-5H,6-10H2,1H3. The van der Waals surface area contributed by atoms with Crippen LogP contribution in [0.3, 0.4) is 0 Å².